The van der Waals surface area contributed by atoms with Crippen LogP contribution in [-0.2, 0) is 0 Å². The highest BCUT2D eigenvalue weighted by Gasteiger charge is 2.07. The number of hydrogen-bond acceptors (Lipinski definition) is 3. The van der Waals surface area contributed by atoms with Crippen molar-refractivity contribution in [1.29, 1.82) is 0 Å². The van der Waals surface area contributed by atoms with Crippen LogP contribution < -0.4 is 5.32 Å². The lowest BCUT2D eigenvalue weighted by Crippen LogP contribution is -2.11. The Morgan fingerprint density at radius 1 is 1.20 bits per heavy atom. The molecule has 0 atom stereocenters. The molecule has 0 saturated carbocycles. The number of imidazole rings is 1. The number of fused-ring (bicyclic) bond motifs is 1. The third kappa shape index (κ3) is 2.33. The summed E-state index contributed by atoms with van der Waals surface area (Å²) >= 11 is 0. The zero-order chi connectivity index (χ0) is 14.1. The van der Waals surface area contributed by atoms with Gasteiger partial charge >= 0.3 is 0 Å². The lowest BCUT2D eigenvalue weighted by Gasteiger charge is -2.05. The van der Waals surface area contributed by atoms with Gasteiger partial charge in [-0.15, -0.1) is 0 Å². The van der Waals surface area contributed by atoms with E-state index in [0.717, 1.165) is 16.9 Å². The molecule has 1 aromatic heterocycles. The van der Waals surface area contributed by atoms with E-state index in [1.165, 1.54) is 12.1 Å². The zero-order valence-corrected chi connectivity index (χ0v) is 10.8. The molecule has 1 amide bonds. The molecule has 100 valence electrons. The number of amides is 1. The van der Waals surface area contributed by atoms with E-state index in [-0.39, 0.29) is 11.7 Å². The average Bonchev–Trinajstić information content (AvgIpc) is 2.78. The van der Waals surface area contributed by atoms with Crippen molar-refractivity contribution in [3.8, 4) is 5.75 Å². The van der Waals surface area contributed by atoms with Crippen LogP contribution in [0.2, 0.25) is 0 Å². The fraction of sp³-hybridized carbons (Fsp3) is 0.0667. The molecular weight excluding hydrogens is 254 g/mol. The van der Waals surface area contributed by atoms with Gasteiger partial charge in [0.1, 0.15) is 11.6 Å². The Morgan fingerprint density at radius 2 is 1.95 bits per heavy atom. The molecule has 3 rings (SSSR count). The Labute approximate surface area is 115 Å². The number of phenolic OH excluding ortho intramolecular Hbond substituents is 1. The van der Waals surface area contributed by atoms with Crippen LogP contribution in [0.1, 0.15) is 16.2 Å². The van der Waals surface area contributed by atoms with Crippen molar-refractivity contribution in [2.75, 3.05) is 5.32 Å². The molecule has 5 nitrogen and oxygen atoms in total. The van der Waals surface area contributed by atoms with Gasteiger partial charge in [0.25, 0.3) is 5.91 Å². The summed E-state index contributed by atoms with van der Waals surface area (Å²) in [4.78, 5) is 19.5. The molecule has 3 N–H and O–H groups in total. The van der Waals surface area contributed by atoms with E-state index in [2.05, 4.69) is 15.3 Å². The van der Waals surface area contributed by atoms with Gasteiger partial charge in [-0.25, -0.2) is 4.98 Å². The molecule has 3 aromatic rings. The Hall–Kier alpha value is -2.82. The van der Waals surface area contributed by atoms with E-state index in [1.54, 1.807) is 18.2 Å². The molecule has 0 aliphatic rings. The van der Waals surface area contributed by atoms with E-state index in [0.29, 0.717) is 11.3 Å². The first-order valence-corrected chi connectivity index (χ1v) is 6.18. The lowest BCUT2D eigenvalue weighted by molar-refractivity contribution is 0.102. The highest BCUT2D eigenvalue weighted by Crippen LogP contribution is 2.18. The summed E-state index contributed by atoms with van der Waals surface area (Å²) in [5, 5.41) is 12.0. The van der Waals surface area contributed by atoms with Crippen molar-refractivity contribution in [1.82, 2.24) is 9.97 Å². The summed E-state index contributed by atoms with van der Waals surface area (Å²) in [5.74, 6) is 0.749. The number of aromatic hydroxyl groups is 1. The van der Waals surface area contributed by atoms with Gasteiger partial charge in [0, 0.05) is 11.3 Å². The first-order valence-electron chi connectivity index (χ1n) is 6.18. The number of carbonyl (C=O) groups excluding carboxylic acids is 1. The van der Waals surface area contributed by atoms with Crippen LogP contribution in [0.4, 0.5) is 5.69 Å². The summed E-state index contributed by atoms with van der Waals surface area (Å²) in [5.41, 5.74) is 2.93. The summed E-state index contributed by atoms with van der Waals surface area (Å²) in [6.45, 7) is 1.88. The maximum Gasteiger partial charge on any atom is 0.255 e. The number of hydrogen-bond donors (Lipinski definition) is 3. The predicted octanol–water partition coefficient (Wildman–Crippen LogP) is 2.83. The number of aromatic amines is 1. The van der Waals surface area contributed by atoms with Gasteiger partial charge in [-0.1, -0.05) is 0 Å². The van der Waals surface area contributed by atoms with E-state index in [9.17, 15) is 9.90 Å². The molecule has 0 fully saturated rings. The van der Waals surface area contributed by atoms with Crippen LogP contribution in [0.25, 0.3) is 11.0 Å². The maximum absolute atomic E-state index is 12.0. The van der Waals surface area contributed by atoms with Crippen molar-refractivity contribution in [2.24, 2.45) is 0 Å². The normalized spacial score (nSPS) is 10.7. The molecule has 0 aliphatic carbocycles. The molecule has 0 radical (unpaired) electrons. The standard InChI is InChI=1S/C15H13N3O2/c1-9-16-13-7-4-11(8-14(13)17-9)18-15(20)10-2-5-12(19)6-3-10/h2-8,19H,1H3,(H,16,17)(H,18,20). The second-order valence-electron chi connectivity index (χ2n) is 4.56. The van der Waals surface area contributed by atoms with Gasteiger partial charge in [0.05, 0.1) is 11.0 Å². The van der Waals surface area contributed by atoms with Crippen LogP contribution in [0, 0.1) is 6.92 Å². The molecule has 2 aromatic carbocycles. The Kier molecular flexibility index (Phi) is 2.87. The zero-order valence-electron chi connectivity index (χ0n) is 10.8. The number of H-pyrrole nitrogens is 1. The third-order valence-corrected chi connectivity index (χ3v) is 2.99. The number of nitrogens with one attached hydrogen (secondary N) is 2. The van der Waals surface area contributed by atoms with Crippen LogP contribution in [-0.4, -0.2) is 21.0 Å². The van der Waals surface area contributed by atoms with Crippen LogP contribution in [0.15, 0.2) is 42.5 Å². The van der Waals surface area contributed by atoms with Crippen LogP contribution >= 0.6 is 0 Å². The second kappa shape index (κ2) is 4.70. The predicted molar refractivity (Wildman–Crippen MR) is 76.9 cm³/mol. The van der Waals surface area contributed by atoms with Crippen molar-refractivity contribution < 1.29 is 9.90 Å². The number of benzene rings is 2. The van der Waals surface area contributed by atoms with Crippen molar-refractivity contribution in [3.05, 3.63) is 53.9 Å². The molecule has 0 spiro atoms. The molecule has 1 heterocycles. The van der Waals surface area contributed by atoms with Gasteiger partial charge in [-0.2, -0.15) is 0 Å². The summed E-state index contributed by atoms with van der Waals surface area (Å²) in [6.07, 6.45) is 0. The average molecular weight is 267 g/mol. The minimum Gasteiger partial charge on any atom is -0.508 e. The number of anilines is 1. The van der Waals surface area contributed by atoms with Crippen LogP contribution in [0.5, 0.6) is 5.75 Å². The molecule has 0 aliphatic heterocycles. The van der Waals surface area contributed by atoms with E-state index >= 15 is 0 Å². The minimum absolute atomic E-state index is 0.135. The SMILES string of the molecule is Cc1nc2ccc(NC(=O)c3ccc(O)cc3)cc2[nH]1. The van der Waals surface area contributed by atoms with Gasteiger partial charge in [0.2, 0.25) is 0 Å². The number of aromatic nitrogens is 2. The topological polar surface area (TPSA) is 78.0 Å². The number of phenols is 1. The van der Waals surface area contributed by atoms with Crippen LogP contribution in [0.3, 0.4) is 0 Å². The molecule has 0 saturated heterocycles. The number of aryl methyl sites for hydroxylation is 1. The molecule has 0 unspecified atom stereocenters. The van der Waals surface area contributed by atoms with Crippen molar-refractivity contribution in [3.63, 3.8) is 0 Å². The summed E-state index contributed by atoms with van der Waals surface area (Å²) in [6, 6.07) is 11.6. The fourth-order valence-electron chi connectivity index (χ4n) is 2.03. The van der Waals surface area contributed by atoms with Gasteiger partial charge in [0.15, 0.2) is 0 Å². The van der Waals surface area contributed by atoms with Crippen molar-refractivity contribution >= 4 is 22.6 Å². The van der Waals surface area contributed by atoms with E-state index in [4.69, 9.17) is 0 Å². The number of carbonyl (C=O) groups is 1. The Balaban J connectivity index is 1.84. The van der Waals surface area contributed by atoms with E-state index in [1.807, 2.05) is 19.1 Å². The van der Waals surface area contributed by atoms with Gasteiger partial charge in [-0.3, -0.25) is 4.79 Å². The second-order valence-corrected chi connectivity index (χ2v) is 4.56. The number of nitrogens with zero attached hydrogens (tertiary/aromatic N) is 1. The molecular formula is C15H13N3O2. The summed E-state index contributed by atoms with van der Waals surface area (Å²) in [7, 11) is 0. The first-order chi connectivity index (χ1) is 9.61. The molecule has 0 bridgehead atoms. The minimum atomic E-state index is -0.222. The smallest absolute Gasteiger partial charge is 0.255 e. The fourth-order valence-corrected chi connectivity index (χ4v) is 2.03. The maximum atomic E-state index is 12.0. The highest BCUT2D eigenvalue weighted by molar-refractivity contribution is 6.05. The van der Waals surface area contributed by atoms with Gasteiger partial charge in [-0.05, 0) is 49.4 Å². The lowest BCUT2D eigenvalue weighted by atomic mass is 10.2. The highest BCUT2D eigenvalue weighted by atomic mass is 16.3. The summed E-state index contributed by atoms with van der Waals surface area (Å²) < 4.78 is 0. The molecule has 5 heteroatoms. The number of rotatable bonds is 2. The third-order valence-electron chi connectivity index (χ3n) is 2.99. The van der Waals surface area contributed by atoms with E-state index < -0.39 is 0 Å². The first kappa shape index (κ1) is 12.2. The monoisotopic (exact) mass is 267 g/mol. The van der Waals surface area contributed by atoms with Gasteiger partial charge < -0.3 is 15.4 Å². The Bertz CT molecular complexity index is 775. The molecule has 20 heavy (non-hydrogen) atoms. The Morgan fingerprint density at radius 3 is 2.70 bits per heavy atom. The van der Waals surface area contributed by atoms with Crippen molar-refractivity contribution in [2.45, 2.75) is 6.92 Å². The largest absolute Gasteiger partial charge is 0.508 e. The quantitative estimate of drug-likeness (QED) is 0.668.